The molecule has 1 saturated carbocycles. The highest BCUT2D eigenvalue weighted by Crippen LogP contribution is 2.36. The summed E-state index contributed by atoms with van der Waals surface area (Å²) >= 11 is 0. The highest BCUT2D eigenvalue weighted by Gasteiger charge is 2.23. The van der Waals surface area contributed by atoms with Crippen molar-refractivity contribution in [1.82, 2.24) is 9.78 Å². The lowest BCUT2D eigenvalue weighted by molar-refractivity contribution is -0.115. The van der Waals surface area contributed by atoms with Gasteiger partial charge in [0, 0.05) is 19.0 Å². The summed E-state index contributed by atoms with van der Waals surface area (Å²) < 4.78 is 14.8. The van der Waals surface area contributed by atoms with E-state index in [0.29, 0.717) is 17.3 Å². The summed E-state index contributed by atoms with van der Waals surface area (Å²) in [5, 5.41) is 7.29. The molecule has 0 bridgehead atoms. The Balaban J connectivity index is 1.65. The SMILES string of the molecule is Cn1nc(C2CCC2)cc1NC(=O)Cc1cccc(F)c1. The van der Waals surface area contributed by atoms with Crippen LogP contribution in [0.2, 0.25) is 0 Å². The van der Waals surface area contributed by atoms with Gasteiger partial charge in [0.05, 0.1) is 12.1 Å². The Morgan fingerprint density at radius 2 is 2.24 bits per heavy atom. The normalized spacial score (nSPS) is 14.8. The van der Waals surface area contributed by atoms with Gasteiger partial charge < -0.3 is 5.32 Å². The average Bonchev–Trinajstić information content (AvgIpc) is 2.67. The second-order valence-electron chi connectivity index (χ2n) is 5.56. The number of carbonyl (C=O) groups excluding carboxylic acids is 1. The van der Waals surface area contributed by atoms with Gasteiger partial charge in [0.1, 0.15) is 11.6 Å². The molecule has 0 unspecified atom stereocenters. The second kappa shape index (κ2) is 5.68. The van der Waals surface area contributed by atoms with Crippen LogP contribution >= 0.6 is 0 Å². The summed E-state index contributed by atoms with van der Waals surface area (Å²) in [6, 6.07) is 8.03. The van der Waals surface area contributed by atoms with Crippen molar-refractivity contribution >= 4 is 11.7 Å². The number of halogens is 1. The summed E-state index contributed by atoms with van der Waals surface area (Å²) in [5.41, 5.74) is 1.71. The number of amides is 1. The Hall–Kier alpha value is -2.17. The van der Waals surface area contributed by atoms with Crippen molar-refractivity contribution in [2.75, 3.05) is 5.32 Å². The maximum absolute atomic E-state index is 13.1. The lowest BCUT2D eigenvalue weighted by Gasteiger charge is -2.22. The van der Waals surface area contributed by atoms with Gasteiger partial charge in [-0.05, 0) is 30.5 Å². The Bertz CT molecular complexity index is 661. The molecule has 1 aliphatic rings. The van der Waals surface area contributed by atoms with Crippen LogP contribution in [0.1, 0.15) is 36.4 Å². The predicted octanol–water partition coefficient (Wildman–Crippen LogP) is 3.01. The van der Waals surface area contributed by atoms with Gasteiger partial charge in [-0.3, -0.25) is 9.48 Å². The van der Waals surface area contributed by atoms with Crippen LogP contribution in [0.5, 0.6) is 0 Å². The van der Waals surface area contributed by atoms with Gasteiger partial charge in [-0.2, -0.15) is 5.10 Å². The van der Waals surface area contributed by atoms with Gasteiger partial charge >= 0.3 is 0 Å². The largest absolute Gasteiger partial charge is 0.311 e. The molecule has 0 radical (unpaired) electrons. The van der Waals surface area contributed by atoms with Crippen LogP contribution in [-0.4, -0.2) is 15.7 Å². The maximum Gasteiger partial charge on any atom is 0.229 e. The van der Waals surface area contributed by atoms with Gasteiger partial charge in [0.2, 0.25) is 5.91 Å². The fraction of sp³-hybridized carbons (Fsp3) is 0.375. The Morgan fingerprint density at radius 3 is 2.90 bits per heavy atom. The number of rotatable bonds is 4. The van der Waals surface area contributed by atoms with E-state index in [4.69, 9.17) is 0 Å². The molecule has 0 atom stereocenters. The van der Waals surface area contributed by atoms with Crippen molar-refractivity contribution in [2.45, 2.75) is 31.6 Å². The van der Waals surface area contributed by atoms with Gasteiger partial charge in [0.15, 0.2) is 0 Å². The van der Waals surface area contributed by atoms with Crippen LogP contribution < -0.4 is 5.32 Å². The molecule has 1 fully saturated rings. The van der Waals surface area contributed by atoms with Gasteiger partial charge in [-0.15, -0.1) is 0 Å². The number of benzene rings is 1. The molecule has 21 heavy (non-hydrogen) atoms. The van der Waals surface area contributed by atoms with Crippen LogP contribution in [0.25, 0.3) is 0 Å². The van der Waals surface area contributed by atoms with Crippen LogP contribution in [-0.2, 0) is 18.3 Å². The number of hydrogen-bond acceptors (Lipinski definition) is 2. The summed E-state index contributed by atoms with van der Waals surface area (Å²) in [5.74, 6) is 0.736. The van der Waals surface area contributed by atoms with Gasteiger partial charge in [-0.25, -0.2) is 4.39 Å². The van der Waals surface area contributed by atoms with E-state index in [2.05, 4.69) is 10.4 Å². The summed E-state index contributed by atoms with van der Waals surface area (Å²) in [6.45, 7) is 0. The topological polar surface area (TPSA) is 46.9 Å². The molecule has 1 heterocycles. The Labute approximate surface area is 123 Å². The highest BCUT2D eigenvalue weighted by molar-refractivity contribution is 5.91. The number of hydrogen-bond donors (Lipinski definition) is 1. The second-order valence-corrected chi connectivity index (χ2v) is 5.56. The number of aryl methyl sites for hydroxylation is 1. The van der Waals surface area contributed by atoms with E-state index in [9.17, 15) is 9.18 Å². The van der Waals surface area contributed by atoms with E-state index >= 15 is 0 Å². The van der Waals surface area contributed by atoms with E-state index in [0.717, 1.165) is 5.69 Å². The van der Waals surface area contributed by atoms with Crippen LogP contribution in [0.3, 0.4) is 0 Å². The van der Waals surface area contributed by atoms with E-state index in [-0.39, 0.29) is 18.1 Å². The zero-order valence-electron chi connectivity index (χ0n) is 12.0. The average molecular weight is 287 g/mol. The molecule has 0 aliphatic heterocycles. The molecule has 5 heteroatoms. The minimum Gasteiger partial charge on any atom is -0.311 e. The zero-order chi connectivity index (χ0) is 14.8. The molecule has 1 aliphatic carbocycles. The Kier molecular flexibility index (Phi) is 3.73. The van der Waals surface area contributed by atoms with Crippen LogP contribution in [0.4, 0.5) is 10.2 Å². The zero-order valence-corrected chi connectivity index (χ0v) is 12.0. The number of carbonyl (C=O) groups is 1. The van der Waals surface area contributed by atoms with Crippen molar-refractivity contribution in [3.8, 4) is 0 Å². The van der Waals surface area contributed by atoms with E-state index in [1.807, 2.05) is 13.1 Å². The van der Waals surface area contributed by atoms with Crippen molar-refractivity contribution in [2.24, 2.45) is 7.05 Å². The van der Waals surface area contributed by atoms with Crippen molar-refractivity contribution in [3.63, 3.8) is 0 Å². The standard InChI is InChI=1S/C16H18FN3O/c1-20-15(10-14(19-20)12-5-3-6-12)18-16(21)9-11-4-2-7-13(17)8-11/h2,4,7-8,10,12H,3,5-6,9H2,1H3,(H,18,21). The number of nitrogens with one attached hydrogen (secondary N) is 1. The summed E-state index contributed by atoms with van der Waals surface area (Å²) in [7, 11) is 1.82. The Morgan fingerprint density at radius 1 is 1.43 bits per heavy atom. The van der Waals surface area contributed by atoms with Crippen LogP contribution in [0, 0.1) is 5.82 Å². The fourth-order valence-electron chi connectivity index (χ4n) is 2.53. The molecule has 0 spiro atoms. The van der Waals surface area contributed by atoms with Gasteiger partial charge in [-0.1, -0.05) is 18.6 Å². The monoisotopic (exact) mass is 287 g/mol. The third-order valence-electron chi connectivity index (χ3n) is 3.94. The molecule has 1 aromatic carbocycles. The fourth-order valence-corrected chi connectivity index (χ4v) is 2.53. The van der Waals surface area contributed by atoms with Crippen molar-refractivity contribution in [3.05, 3.63) is 47.4 Å². The van der Waals surface area contributed by atoms with E-state index in [1.165, 1.54) is 31.4 Å². The highest BCUT2D eigenvalue weighted by atomic mass is 19.1. The molecular weight excluding hydrogens is 269 g/mol. The van der Waals surface area contributed by atoms with E-state index < -0.39 is 0 Å². The van der Waals surface area contributed by atoms with Crippen molar-refractivity contribution < 1.29 is 9.18 Å². The molecule has 1 aromatic heterocycles. The first-order valence-corrected chi connectivity index (χ1v) is 7.20. The minimum absolute atomic E-state index is 0.154. The molecule has 110 valence electrons. The van der Waals surface area contributed by atoms with Crippen LogP contribution in [0.15, 0.2) is 30.3 Å². The van der Waals surface area contributed by atoms with Crippen molar-refractivity contribution in [1.29, 1.82) is 0 Å². The smallest absolute Gasteiger partial charge is 0.229 e. The maximum atomic E-state index is 13.1. The van der Waals surface area contributed by atoms with Gasteiger partial charge in [0.25, 0.3) is 0 Å². The predicted molar refractivity (Wildman–Crippen MR) is 78.5 cm³/mol. The number of nitrogens with zero attached hydrogens (tertiary/aromatic N) is 2. The first-order valence-electron chi connectivity index (χ1n) is 7.20. The molecule has 3 rings (SSSR count). The summed E-state index contributed by atoms with van der Waals surface area (Å²) in [6.07, 6.45) is 3.76. The molecule has 0 saturated heterocycles. The van der Waals surface area contributed by atoms with E-state index in [1.54, 1.807) is 16.8 Å². The molecule has 1 N–H and O–H groups in total. The summed E-state index contributed by atoms with van der Waals surface area (Å²) in [4.78, 5) is 12.0. The third kappa shape index (κ3) is 3.12. The quantitative estimate of drug-likeness (QED) is 0.939. The minimum atomic E-state index is -0.326. The first-order chi connectivity index (χ1) is 10.1. The lowest BCUT2D eigenvalue weighted by Crippen LogP contribution is -2.16. The number of aromatic nitrogens is 2. The molecular formula is C16H18FN3O. The lowest BCUT2D eigenvalue weighted by atomic mass is 9.83. The number of anilines is 1. The molecule has 2 aromatic rings. The molecule has 4 nitrogen and oxygen atoms in total. The third-order valence-corrected chi connectivity index (χ3v) is 3.94. The first kappa shape index (κ1) is 13.8. The molecule has 1 amide bonds.